The third-order valence-electron chi connectivity index (χ3n) is 2.83. The molecule has 1 saturated heterocycles. The molecule has 1 heterocycles. The van der Waals surface area contributed by atoms with Gasteiger partial charge in [-0.3, -0.25) is 14.9 Å². The molecule has 1 N–H and O–H groups in total. The third kappa shape index (κ3) is 2.31. The number of urea groups is 1. The van der Waals surface area contributed by atoms with E-state index in [1.54, 1.807) is 0 Å². The standard InChI is InChI=1S/C12H10Cl2N2O3/c1-12(2)9(17)15-11(19)16(10(12)18)8-4-6(13)3-7(14)5-8/h3-5H,1-2H3,(H,15,17,19). The first-order valence-corrected chi connectivity index (χ1v) is 6.15. The molecule has 4 amide bonds. The van der Waals surface area contributed by atoms with Crippen molar-refractivity contribution in [3.05, 3.63) is 28.2 Å². The van der Waals surface area contributed by atoms with E-state index in [0.29, 0.717) is 0 Å². The van der Waals surface area contributed by atoms with Crippen LogP contribution in [0.5, 0.6) is 0 Å². The van der Waals surface area contributed by atoms with Gasteiger partial charge in [0, 0.05) is 10.0 Å². The minimum atomic E-state index is -1.33. The number of nitrogens with zero attached hydrogens (tertiary/aromatic N) is 1. The highest BCUT2D eigenvalue weighted by molar-refractivity contribution is 6.36. The van der Waals surface area contributed by atoms with Gasteiger partial charge in [0.25, 0.3) is 0 Å². The number of nitrogens with one attached hydrogen (secondary N) is 1. The lowest BCUT2D eigenvalue weighted by Crippen LogP contribution is -2.62. The maximum Gasteiger partial charge on any atom is 0.335 e. The molecule has 1 aliphatic heterocycles. The predicted molar refractivity (Wildman–Crippen MR) is 71.3 cm³/mol. The van der Waals surface area contributed by atoms with Crippen LogP contribution in [0.1, 0.15) is 13.8 Å². The number of amides is 4. The van der Waals surface area contributed by atoms with Crippen molar-refractivity contribution in [1.82, 2.24) is 5.32 Å². The molecule has 1 aromatic carbocycles. The Morgan fingerprint density at radius 2 is 1.58 bits per heavy atom. The first-order valence-electron chi connectivity index (χ1n) is 5.39. The van der Waals surface area contributed by atoms with Gasteiger partial charge in [-0.1, -0.05) is 23.2 Å². The largest absolute Gasteiger partial charge is 0.335 e. The first kappa shape index (κ1) is 13.8. The number of anilines is 1. The van der Waals surface area contributed by atoms with Gasteiger partial charge >= 0.3 is 6.03 Å². The van der Waals surface area contributed by atoms with Gasteiger partial charge in [0.15, 0.2) is 0 Å². The molecule has 19 heavy (non-hydrogen) atoms. The molecule has 0 aliphatic carbocycles. The summed E-state index contributed by atoms with van der Waals surface area (Å²) in [6.45, 7) is 2.88. The number of benzene rings is 1. The monoisotopic (exact) mass is 300 g/mol. The van der Waals surface area contributed by atoms with Crippen molar-refractivity contribution in [3.63, 3.8) is 0 Å². The lowest BCUT2D eigenvalue weighted by Gasteiger charge is -2.34. The summed E-state index contributed by atoms with van der Waals surface area (Å²) in [5, 5.41) is 2.71. The van der Waals surface area contributed by atoms with Gasteiger partial charge < -0.3 is 0 Å². The van der Waals surface area contributed by atoms with Gasteiger partial charge in [0.2, 0.25) is 11.8 Å². The van der Waals surface area contributed by atoms with E-state index >= 15 is 0 Å². The fourth-order valence-electron chi connectivity index (χ4n) is 1.68. The van der Waals surface area contributed by atoms with E-state index < -0.39 is 23.3 Å². The van der Waals surface area contributed by atoms with Gasteiger partial charge in [-0.05, 0) is 32.0 Å². The molecule has 7 heteroatoms. The Bertz CT molecular complexity index is 578. The molecule has 0 atom stereocenters. The Kier molecular flexibility index (Phi) is 3.28. The SMILES string of the molecule is CC1(C)C(=O)NC(=O)N(c2cc(Cl)cc(Cl)c2)C1=O. The summed E-state index contributed by atoms with van der Waals surface area (Å²) in [5.41, 5.74) is -1.11. The normalized spacial score (nSPS) is 18.5. The minimum Gasteiger partial charge on any atom is -0.276 e. The second-order valence-corrected chi connectivity index (χ2v) is 5.53. The molecule has 1 fully saturated rings. The number of imide groups is 2. The third-order valence-corrected chi connectivity index (χ3v) is 3.27. The Labute approximate surface area is 119 Å². The van der Waals surface area contributed by atoms with Crippen molar-refractivity contribution in [3.8, 4) is 0 Å². The van der Waals surface area contributed by atoms with Crippen LogP contribution in [0, 0.1) is 5.41 Å². The van der Waals surface area contributed by atoms with Gasteiger partial charge in [-0.2, -0.15) is 0 Å². The van der Waals surface area contributed by atoms with Crippen LogP contribution >= 0.6 is 23.2 Å². The number of rotatable bonds is 1. The van der Waals surface area contributed by atoms with Crippen LogP contribution < -0.4 is 10.2 Å². The van der Waals surface area contributed by atoms with E-state index in [-0.39, 0.29) is 15.7 Å². The van der Waals surface area contributed by atoms with Crippen LogP contribution in [-0.2, 0) is 9.59 Å². The Morgan fingerprint density at radius 1 is 1.05 bits per heavy atom. The summed E-state index contributed by atoms with van der Waals surface area (Å²) in [6, 6.07) is 3.52. The Hall–Kier alpha value is -1.59. The molecular weight excluding hydrogens is 291 g/mol. The topological polar surface area (TPSA) is 66.5 Å². The van der Waals surface area contributed by atoms with Gasteiger partial charge in [0.1, 0.15) is 5.41 Å². The maximum atomic E-state index is 12.2. The Balaban J connectivity index is 2.51. The van der Waals surface area contributed by atoms with Crippen molar-refractivity contribution in [2.45, 2.75) is 13.8 Å². The van der Waals surface area contributed by atoms with Crippen LogP contribution in [-0.4, -0.2) is 17.8 Å². The number of carbonyl (C=O) groups excluding carboxylic acids is 3. The lowest BCUT2D eigenvalue weighted by atomic mass is 9.88. The molecule has 100 valence electrons. The molecule has 0 aromatic heterocycles. The number of hydrogen-bond acceptors (Lipinski definition) is 3. The summed E-state index contributed by atoms with van der Waals surface area (Å²) in [6.07, 6.45) is 0. The zero-order valence-electron chi connectivity index (χ0n) is 10.2. The van der Waals surface area contributed by atoms with Crippen molar-refractivity contribution >= 4 is 46.7 Å². The summed E-state index contributed by atoms with van der Waals surface area (Å²) in [4.78, 5) is 36.5. The average molecular weight is 301 g/mol. The quantitative estimate of drug-likeness (QED) is 0.811. The van der Waals surface area contributed by atoms with Crippen LogP contribution in [0.25, 0.3) is 0 Å². The molecule has 1 aromatic rings. The highest BCUT2D eigenvalue weighted by atomic mass is 35.5. The van der Waals surface area contributed by atoms with Gasteiger partial charge in [0.05, 0.1) is 5.69 Å². The molecular formula is C12H10Cl2N2O3. The number of barbiturate groups is 1. The van der Waals surface area contributed by atoms with Crippen molar-refractivity contribution in [2.75, 3.05) is 4.90 Å². The fourth-order valence-corrected chi connectivity index (χ4v) is 2.20. The second-order valence-electron chi connectivity index (χ2n) is 4.65. The highest BCUT2D eigenvalue weighted by Gasteiger charge is 2.47. The van der Waals surface area contributed by atoms with E-state index in [1.807, 2.05) is 0 Å². The van der Waals surface area contributed by atoms with E-state index in [2.05, 4.69) is 5.32 Å². The van der Waals surface area contributed by atoms with Crippen molar-refractivity contribution in [1.29, 1.82) is 0 Å². The smallest absolute Gasteiger partial charge is 0.276 e. The molecule has 5 nitrogen and oxygen atoms in total. The van der Waals surface area contributed by atoms with Gasteiger partial charge in [-0.15, -0.1) is 0 Å². The van der Waals surface area contributed by atoms with Crippen LogP contribution in [0.4, 0.5) is 10.5 Å². The van der Waals surface area contributed by atoms with E-state index in [4.69, 9.17) is 23.2 Å². The average Bonchev–Trinajstić information content (AvgIpc) is 2.25. The molecule has 0 radical (unpaired) electrons. The molecule has 1 aliphatic rings. The molecule has 0 saturated carbocycles. The van der Waals surface area contributed by atoms with Crippen molar-refractivity contribution in [2.24, 2.45) is 5.41 Å². The Morgan fingerprint density at radius 3 is 2.11 bits per heavy atom. The zero-order chi connectivity index (χ0) is 14.4. The zero-order valence-corrected chi connectivity index (χ0v) is 11.7. The molecule has 0 spiro atoms. The van der Waals surface area contributed by atoms with E-state index in [0.717, 1.165) is 4.90 Å². The number of carbonyl (C=O) groups is 3. The second kappa shape index (κ2) is 4.51. The summed E-state index contributed by atoms with van der Waals surface area (Å²) in [7, 11) is 0. The molecule has 0 unspecified atom stereocenters. The number of halogens is 2. The highest BCUT2D eigenvalue weighted by Crippen LogP contribution is 2.31. The van der Waals surface area contributed by atoms with Gasteiger partial charge in [-0.25, -0.2) is 9.69 Å². The van der Waals surface area contributed by atoms with E-state index in [9.17, 15) is 14.4 Å². The van der Waals surface area contributed by atoms with Crippen LogP contribution in [0.15, 0.2) is 18.2 Å². The fraction of sp³-hybridized carbons (Fsp3) is 0.250. The lowest BCUT2D eigenvalue weighted by molar-refractivity contribution is -0.140. The van der Waals surface area contributed by atoms with E-state index in [1.165, 1.54) is 32.0 Å². The molecule has 0 bridgehead atoms. The first-order chi connectivity index (χ1) is 8.73. The summed E-state index contributed by atoms with van der Waals surface area (Å²) < 4.78 is 0. The predicted octanol–water partition coefficient (Wildman–Crippen LogP) is 2.60. The minimum absolute atomic E-state index is 0.223. The molecule has 2 rings (SSSR count). The van der Waals surface area contributed by atoms with Crippen LogP contribution in [0.2, 0.25) is 10.0 Å². The summed E-state index contributed by atoms with van der Waals surface area (Å²) in [5.74, 6) is -1.26. The maximum absolute atomic E-state index is 12.2. The number of hydrogen-bond donors (Lipinski definition) is 1. The van der Waals surface area contributed by atoms with Crippen molar-refractivity contribution < 1.29 is 14.4 Å². The van der Waals surface area contributed by atoms with Crippen LogP contribution in [0.3, 0.4) is 0 Å². The summed E-state index contributed by atoms with van der Waals surface area (Å²) >= 11 is 11.7.